The molecule has 1 rings (SSSR count). The smallest absolute Gasteiger partial charge is 0.0211 e. The van der Waals surface area contributed by atoms with E-state index in [1.165, 1.54) is 16.7 Å². The minimum absolute atomic E-state index is 0.533. The van der Waals surface area contributed by atoms with Gasteiger partial charge in [0.25, 0.3) is 0 Å². The maximum atomic E-state index is 3.62. The molecule has 2 heteroatoms. The normalized spacial score (nSPS) is 13.0. The van der Waals surface area contributed by atoms with Crippen molar-refractivity contribution in [3.63, 3.8) is 0 Å². The molecular formula is C16H28N2. The third-order valence-corrected chi connectivity index (χ3v) is 3.57. The maximum absolute atomic E-state index is 3.62. The molecule has 0 bridgehead atoms. The fraction of sp³-hybridized carbons (Fsp3) is 0.625. The second-order valence-electron chi connectivity index (χ2n) is 5.20. The van der Waals surface area contributed by atoms with Gasteiger partial charge in [0.2, 0.25) is 0 Å². The maximum Gasteiger partial charge on any atom is 0.0211 e. The van der Waals surface area contributed by atoms with Gasteiger partial charge in [0, 0.05) is 19.1 Å². The molecule has 1 aromatic carbocycles. The summed E-state index contributed by atoms with van der Waals surface area (Å²) in [4.78, 5) is 2.46. The molecule has 0 radical (unpaired) electrons. The van der Waals surface area contributed by atoms with Gasteiger partial charge in [0.05, 0.1) is 0 Å². The van der Waals surface area contributed by atoms with Crippen molar-refractivity contribution in [1.82, 2.24) is 10.2 Å². The van der Waals surface area contributed by atoms with E-state index in [0.29, 0.717) is 6.04 Å². The van der Waals surface area contributed by atoms with E-state index in [9.17, 15) is 0 Å². The van der Waals surface area contributed by atoms with Gasteiger partial charge >= 0.3 is 0 Å². The van der Waals surface area contributed by atoms with Crippen molar-refractivity contribution in [2.75, 3.05) is 19.6 Å². The van der Waals surface area contributed by atoms with Crippen molar-refractivity contribution in [3.05, 3.63) is 34.9 Å². The Bertz CT molecular complexity index is 356. The van der Waals surface area contributed by atoms with Crippen molar-refractivity contribution >= 4 is 0 Å². The van der Waals surface area contributed by atoms with Gasteiger partial charge in [-0.2, -0.15) is 0 Å². The van der Waals surface area contributed by atoms with Crippen LogP contribution in [0, 0.1) is 13.8 Å². The Morgan fingerprint density at radius 2 is 1.83 bits per heavy atom. The third kappa shape index (κ3) is 4.79. The first kappa shape index (κ1) is 15.2. The van der Waals surface area contributed by atoms with Gasteiger partial charge in [-0.15, -0.1) is 0 Å². The Hall–Kier alpha value is -0.860. The first-order valence-electron chi connectivity index (χ1n) is 7.08. The van der Waals surface area contributed by atoms with Gasteiger partial charge in [0.15, 0.2) is 0 Å². The SMILES string of the molecule is CCN(CC)CC(C)NCc1ccc(C)cc1C. The van der Waals surface area contributed by atoms with Crippen LogP contribution in [-0.2, 0) is 6.54 Å². The molecular weight excluding hydrogens is 220 g/mol. The predicted octanol–water partition coefficient (Wildman–Crippen LogP) is 3.12. The molecule has 1 atom stereocenters. The second-order valence-corrected chi connectivity index (χ2v) is 5.20. The van der Waals surface area contributed by atoms with E-state index < -0.39 is 0 Å². The van der Waals surface area contributed by atoms with Crippen LogP contribution in [0.25, 0.3) is 0 Å². The summed E-state index contributed by atoms with van der Waals surface area (Å²) < 4.78 is 0. The van der Waals surface area contributed by atoms with Crippen LogP contribution in [0.1, 0.15) is 37.5 Å². The zero-order chi connectivity index (χ0) is 13.5. The Labute approximate surface area is 112 Å². The van der Waals surface area contributed by atoms with Crippen LogP contribution < -0.4 is 5.32 Å². The molecule has 0 aliphatic rings. The van der Waals surface area contributed by atoms with Crippen molar-refractivity contribution in [2.24, 2.45) is 0 Å². The molecule has 1 unspecified atom stereocenters. The van der Waals surface area contributed by atoms with E-state index in [1.807, 2.05) is 0 Å². The van der Waals surface area contributed by atoms with E-state index in [0.717, 1.165) is 26.2 Å². The number of rotatable bonds is 7. The van der Waals surface area contributed by atoms with Gasteiger partial charge < -0.3 is 10.2 Å². The lowest BCUT2D eigenvalue weighted by Gasteiger charge is -2.23. The predicted molar refractivity (Wildman–Crippen MR) is 80.0 cm³/mol. The van der Waals surface area contributed by atoms with Crippen molar-refractivity contribution in [1.29, 1.82) is 0 Å². The molecule has 0 saturated heterocycles. The lowest BCUT2D eigenvalue weighted by molar-refractivity contribution is 0.270. The summed E-state index contributed by atoms with van der Waals surface area (Å²) in [6.45, 7) is 15.4. The number of nitrogens with zero attached hydrogens (tertiary/aromatic N) is 1. The minimum Gasteiger partial charge on any atom is -0.309 e. The third-order valence-electron chi connectivity index (χ3n) is 3.57. The van der Waals surface area contributed by atoms with Crippen LogP contribution >= 0.6 is 0 Å². The molecule has 1 N–H and O–H groups in total. The number of benzene rings is 1. The molecule has 0 heterocycles. The highest BCUT2D eigenvalue weighted by Gasteiger charge is 2.07. The van der Waals surface area contributed by atoms with E-state index in [1.54, 1.807) is 0 Å². The molecule has 1 aromatic rings. The average Bonchev–Trinajstić information content (AvgIpc) is 2.35. The number of hydrogen-bond acceptors (Lipinski definition) is 2. The molecule has 102 valence electrons. The van der Waals surface area contributed by atoms with E-state index in [4.69, 9.17) is 0 Å². The van der Waals surface area contributed by atoms with E-state index >= 15 is 0 Å². The highest BCUT2D eigenvalue weighted by atomic mass is 15.1. The van der Waals surface area contributed by atoms with Crippen LogP contribution in [0.3, 0.4) is 0 Å². The van der Waals surface area contributed by atoms with Gasteiger partial charge in [0.1, 0.15) is 0 Å². The zero-order valence-electron chi connectivity index (χ0n) is 12.6. The van der Waals surface area contributed by atoms with Crippen molar-refractivity contribution < 1.29 is 0 Å². The monoisotopic (exact) mass is 248 g/mol. The molecule has 0 amide bonds. The van der Waals surface area contributed by atoms with Gasteiger partial charge in [-0.3, -0.25) is 0 Å². The molecule has 0 fully saturated rings. The van der Waals surface area contributed by atoms with Crippen molar-refractivity contribution in [3.8, 4) is 0 Å². The summed E-state index contributed by atoms with van der Waals surface area (Å²) >= 11 is 0. The second kappa shape index (κ2) is 7.55. The lowest BCUT2D eigenvalue weighted by atomic mass is 10.1. The van der Waals surface area contributed by atoms with Crippen LogP contribution in [0.15, 0.2) is 18.2 Å². The molecule has 18 heavy (non-hydrogen) atoms. The average molecular weight is 248 g/mol. The standard InChI is InChI=1S/C16H28N2/c1-6-18(7-2)12-15(5)17-11-16-9-8-13(3)10-14(16)4/h8-10,15,17H,6-7,11-12H2,1-5H3. The Balaban J connectivity index is 2.44. The highest BCUT2D eigenvalue weighted by Crippen LogP contribution is 2.10. The fourth-order valence-electron chi connectivity index (χ4n) is 2.26. The van der Waals surface area contributed by atoms with E-state index in [2.05, 4.69) is 63.0 Å². The Morgan fingerprint density at radius 3 is 2.39 bits per heavy atom. The molecule has 0 aliphatic heterocycles. The molecule has 0 saturated carbocycles. The number of likely N-dealkylation sites (N-methyl/N-ethyl adjacent to an activating group) is 1. The lowest BCUT2D eigenvalue weighted by Crippen LogP contribution is -2.38. The van der Waals surface area contributed by atoms with E-state index in [-0.39, 0.29) is 0 Å². The van der Waals surface area contributed by atoms with Gasteiger partial charge in [-0.1, -0.05) is 37.6 Å². The van der Waals surface area contributed by atoms with Gasteiger partial charge in [-0.25, -0.2) is 0 Å². The minimum atomic E-state index is 0.533. The number of hydrogen-bond donors (Lipinski definition) is 1. The topological polar surface area (TPSA) is 15.3 Å². The first-order chi connectivity index (χ1) is 8.56. The van der Waals surface area contributed by atoms with Gasteiger partial charge in [-0.05, 0) is 45.0 Å². The summed E-state index contributed by atoms with van der Waals surface area (Å²) in [5, 5.41) is 3.62. The fourth-order valence-corrected chi connectivity index (χ4v) is 2.26. The quantitative estimate of drug-likeness (QED) is 0.797. The zero-order valence-corrected chi connectivity index (χ0v) is 12.6. The van der Waals surface area contributed by atoms with Crippen LogP contribution in [0.2, 0.25) is 0 Å². The highest BCUT2D eigenvalue weighted by molar-refractivity contribution is 5.30. The number of aryl methyl sites for hydroxylation is 2. The molecule has 0 spiro atoms. The number of nitrogens with one attached hydrogen (secondary N) is 1. The summed E-state index contributed by atoms with van der Waals surface area (Å²) in [6.07, 6.45) is 0. The van der Waals surface area contributed by atoms with Crippen LogP contribution in [0.4, 0.5) is 0 Å². The summed E-state index contributed by atoms with van der Waals surface area (Å²) in [5.74, 6) is 0. The van der Waals surface area contributed by atoms with Crippen LogP contribution in [0.5, 0.6) is 0 Å². The van der Waals surface area contributed by atoms with Crippen molar-refractivity contribution in [2.45, 2.75) is 47.2 Å². The summed E-state index contributed by atoms with van der Waals surface area (Å²) in [7, 11) is 0. The first-order valence-corrected chi connectivity index (χ1v) is 7.08. The molecule has 0 aliphatic carbocycles. The van der Waals surface area contributed by atoms with Crippen LogP contribution in [-0.4, -0.2) is 30.6 Å². The Morgan fingerprint density at radius 1 is 1.17 bits per heavy atom. The Kier molecular flexibility index (Phi) is 6.37. The summed E-state index contributed by atoms with van der Waals surface area (Å²) in [5.41, 5.74) is 4.14. The molecule has 0 aromatic heterocycles. The largest absolute Gasteiger partial charge is 0.309 e. The molecule has 2 nitrogen and oxygen atoms in total. The summed E-state index contributed by atoms with van der Waals surface area (Å²) in [6, 6.07) is 7.22.